The van der Waals surface area contributed by atoms with E-state index in [9.17, 15) is 0 Å². The van der Waals surface area contributed by atoms with Crippen LogP contribution in [0, 0.1) is 0 Å². The predicted octanol–water partition coefficient (Wildman–Crippen LogP) is 4.38. The van der Waals surface area contributed by atoms with Gasteiger partial charge in [-0.2, -0.15) is 0 Å². The van der Waals surface area contributed by atoms with Crippen molar-refractivity contribution in [3.05, 3.63) is 91.4 Å². The number of fused-ring (bicyclic) bond motifs is 1. The Morgan fingerprint density at radius 3 is 1.59 bits per heavy atom. The molecule has 3 nitrogen and oxygen atoms in total. The molecule has 0 aliphatic carbocycles. The number of hydrogen-bond acceptors (Lipinski definition) is 3. The number of rotatable bonds is 1. The van der Waals surface area contributed by atoms with Crippen LogP contribution in [0.4, 0.5) is 0 Å². The highest BCUT2D eigenvalue weighted by atomic mass is 14.7. The molecule has 0 spiro atoms. The summed E-state index contributed by atoms with van der Waals surface area (Å²) < 4.78 is 0. The Morgan fingerprint density at radius 2 is 1.00 bits per heavy atom. The van der Waals surface area contributed by atoms with Crippen LogP contribution in [0.25, 0.3) is 22.3 Å². The highest BCUT2D eigenvalue weighted by Gasteiger charge is 1.95. The van der Waals surface area contributed by atoms with E-state index in [2.05, 4.69) is 27.1 Å². The molecule has 0 bridgehead atoms. The zero-order valence-corrected chi connectivity index (χ0v) is 12.0. The lowest BCUT2D eigenvalue weighted by Crippen LogP contribution is -1.83. The Balaban J connectivity index is 0.000000133. The molecule has 0 saturated carbocycles. The van der Waals surface area contributed by atoms with Gasteiger partial charge in [0, 0.05) is 24.0 Å². The Bertz CT molecular complexity index is 727. The molecule has 3 heteroatoms. The Hall–Kier alpha value is -3.07. The maximum Gasteiger partial charge on any atom is 0.0886 e. The fourth-order valence-electron chi connectivity index (χ4n) is 2.04. The highest BCUT2D eigenvalue weighted by molar-refractivity contribution is 5.77. The lowest BCUT2D eigenvalue weighted by atomic mass is 10.2. The minimum Gasteiger partial charge on any atom is -0.256 e. The van der Waals surface area contributed by atoms with Crippen molar-refractivity contribution < 1.29 is 0 Å². The van der Waals surface area contributed by atoms with Crippen molar-refractivity contribution >= 4 is 10.9 Å². The minimum atomic E-state index is 0.915. The average Bonchev–Trinajstić information content (AvgIpc) is 2.64. The summed E-state index contributed by atoms with van der Waals surface area (Å²) >= 11 is 0. The van der Waals surface area contributed by atoms with Crippen LogP contribution in [0.5, 0.6) is 0 Å². The van der Waals surface area contributed by atoms with Crippen LogP contribution < -0.4 is 0 Å². The third kappa shape index (κ3) is 3.52. The summed E-state index contributed by atoms with van der Waals surface area (Å²) in [5.41, 5.74) is 2.89. The van der Waals surface area contributed by atoms with Gasteiger partial charge >= 0.3 is 0 Å². The highest BCUT2D eigenvalue weighted by Crippen LogP contribution is 2.11. The van der Waals surface area contributed by atoms with Gasteiger partial charge in [-0.05, 0) is 36.4 Å². The van der Waals surface area contributed by atoms with Gasteiger partial charge in [0.25, 0.3) is 0 Å². The van der Waals surface area contributed by atoms with Crippen LogP contribution in [0.1, 0.15) is 0 Å². The molecule has 0 atom stereocenters. The first kappa shape index (κ1) is 13.9. The second-order valence-electron chi connectivity index (χ2n) is 4.63. The van der Waals surface area contributed by atoms with E-state index in [0.717, 1.165) is 16.9 Å². The minimum absolute atomic E-state index is 0.915. The summed E-state index contributed by atoms with van der Waals surface area (Å²) in [5.74, 6) is 0. The van der Waals surface area contributed by atoms with Gasteiger partial charge in [0.2, 0.25) is 0 Å². The van der Waals surface area contributed by atoms with Gasteiger partial charge in [0.1, 0.15) is 0 Å². The molecule has 0 N–H and O–H groups in total. The quantitative estimate of drug-likeness (QED) is 0.521. The number of benzene rings is 1. The molecule has 3 aromatic heterocycles. The smallest absolute Gasteiger partial charge is 0.0886 e. The maximum absolute atomic E-state index is 4.19. The molecule has 3 heterocycles. The van der Waals surface area contributed by atoms with Gasteiger partial charge in [0.15, 0.2) is 0 Å². The summed E-state index contributed by atoms with van der Waals surface area (Å²) in [6.07, 6.45) is 5.34. The van der Waals surface area contributed by atoms with Gasteiger partial charge < -0.3 is 0 Å². The zero-order valence-electron chi connectivity index (χ0n) is 12.0. The number of hydrogen-bond donors (Lipinski definition) is 0. The lowest BCUT2D eigenvalue weighted by Gasteiger charge is -1.96. The Kier molecular flexibility index (Phi) is 4.47. The van der Waals surface area contributed by atoms with Gasteiger partial charge in [-0.15, -0.1) is 0 Å². The largest absolute Gasteiger partial charge is 0.256 e. The van der Waals surface area contributed by atoms with E-state index < -0.39 is 0 Å². The van der Waals surface area contributed by atoms with Crippen molar-refractivity contribution in [2.24, 2.45) is 0 Å². The van der Waals surface area contributed by atoms with Crippen LogP contribution in [-0.4, -0.2) is 15.0 Å². The number of pyridine rings is 3. The Morgan fingerprint density at radius 1 is 0.455 bits per heavy atom. The van der Waals surface area contributed by atoms with Crippen LogP contribution in [-0.2, 0) is 0 Å². The summed E-state index contributed by atoms with van der Waals surface area (Å²) in [7, 11) is 0. The van der Waals surface area contributed by atoms with Gasteiger partial charge in [0.05, 0.1) is 16.9 Å². The van der Waals surface area contributed by atoms with E-state index in [4.69, 9.17) is 0 Å². The third-order valence-corrected chi connectivity index (χ3v) is 3.10. The molecular formula is C19H15N3. The van der Waals surface area contributed by atoms with Crippen molar-refractivity contribution in [1.29, 1.82) is 0 Å². The second-order valence-corrected chi connectivity index (χ2v) is 4.63. The second kappa shape index (κ2) is 7.09. The molecule has 106 valence electrons. The van der Waals surface area contributed by atoms with Crippen molar-refractivity contribution in [2.45, 2.75) is 0 Å². The fraction of sp³-hybridized carbons (Fsp3) is 0. The third-order valence-electron chi connectivity index (χ3n) is 3.10. The van der Waals surface area contributed by atoms with Crippen molar-refractivity contribution in [3.8, 4) is 11.4 Å². The van der Waals surface area contributed by atoms with E-state index in [-0.39, 0.29) is 0 Å². The zero-order chi connectivity index (χ0) is 15.0. The first-order valence-corrected chi connectivity index (χ1v) is 7.06. The fourth-order valence-corrected chi connectivity index (χ4v) is 2.04. The van der Waals surface area contributed by atoms with E-state index in [0.29, 0.717) is 0 Å². The molecule has 0 amide bonds. The molecule has 0 saturated heterocycles. The number of nitrogens with zero attached hydrogens (tertiary/aromatic N) is 3. The molecule has 1 aromatic carbocycles. The van der Waals surface area contributed by atoms with E-state index >= 15 is 0 Å². The SMILES string of the molecule is c1ccc(-c2ccccn2)nc1.c1ccc2ncccc2c1. The molecule has 0 aliphatic rings. The maximum atomic E-state index is 4.19. The Labute approximate surface area is 129 Å². The normalized spacial score (nSPS) is 9.82. The molecule has 22 heavy (non-hydrogen) atoms. The first-order valence-electron chi connectivity index (χ1n) is 7.06. The number of aromatic nitrogens is 3. The summed E-state index contributed by atoms with van der Waals surface area (Å²) in [6.45, 7) is 0. The van der Waals surface area contributed by atoms with Crippen molar-refractivity contribution in [3.63, 3.8) is 0 Å². The number of para-hydroxylation sites is 1. The molecular weight excluding hydrogens is 270 g/mol. The standard InChI is InChI=1S/C10H8N2.C9H7N/c1-3-7-11-9(5-1)10-6-2-4-8-12-10;1-2-6-9-8(4-1)5-3-7-10-9/h1-8H;1-7H. The predicted molar refractivity (Wildman–Crippen MR) is 89.2 cm³/mol. The lowest BCUT2D eigenvalue weighted by molar-refractivity contribution is 1.25. The molecule has 4 rings (SSSR count). The topological polar surface area (TPSA) is 38.7 Å². The molecule has 0 radical (unpaired) electrons. The van der Waals surface area contributed by atoms with Gasteiger partial charge in [-0.1, -0.05) is 36.4 Å². The van der Waals surface area contributed by atoms with E-state index in [1.807, 2.05) is 66.9 Å². The average molecular weight is 285 g/mol. The summed E-state index contributed by atoms with van der Waals surface area (Å²) in [4.78, 5) is 12.6. The van der Waals surface area contributed by atoms with Gasteiger partial charge in [-0.3, -0.25) is 15.0 Å². The monoisotopic (exact) mass is 285 g/mol. The van der Waals surface area contributed by atoms with E-state index in [1.54, 1.807) is 12.4 Å². The summed E-state index contributed by atoms with van der Waals surface area (Å²) in [5, 5.41) is 1.20. The summed E-state index contributed by atoms with van der Waals surface area (Å²) in [6, 6.07) is 23.7. The van der Waals surface area contributed by atoms with E-state index in [1.165, 1.54) is 5.39 Å². The van der Waals surface area contributed by atoms with Crippen molar-refractivity contribution in [2.75, 3.05) is 0 Å². The molecule has 0 fully saturated rings. The first-order chi connectivity index (χ1) is 10.9. The van der Waals surface area contributed by atoms with Crippen LogP contribution in [0.3, 0.4) is 0 Å². The van der Waals surface area contributed by atoms with Crippen LogP contribution in [0.2, 0.25) is 0 Å². The van der Waals surface area contributed by atoms with Crippen molar-refractivity contribution in [1.82, 2.24) is 15.0 Å². The van der Waals surface area contributed by atoms with Crippen LogP contribution >= 0.6 is 0 Å². The van der Waals surface area contributed by atoms with Gasteiger partial charge in [-0.25, -0.2) is 0 Å². The molecule has 4 aromatic rings. The molecule has 0 unspecified atom stereocenters. The molecule has 0 aliphatic heterocycles. The van der Waals surface area contributed by atoms with Crippen LogP contribution in [0.15, 0.2) is 91.4 Å².